The Kier molecular flexibility index (Phi) is 6.68. The smallest absolute Gasteiger partial charge is 0.339 e. The molecule has 1 amide bonds. The molecule has 1 aliphatic rings. The molecule has 9 nitrogen and oxygen atoms in total. The Balaban J connectivity index is 1.53. The molecule has 0 atom stereocenters. The van der Waals surface area contributed by atoms with Crippen LogP contribution in [0.2, 0.25) is 5.02 Å². The number of nitro benzene ring substituents is 1. The van der Waals surface area contributed by atoms with Crippen molar-refractivity contribution in [3.63, 3.8) is 0 Å². The first kappa shape index (κ1) is 23.5. The van der Waals surface area contributed by atoms with Gasteiger partial charge in [0.25, 0.3) is 11.6 Å². The summed E-state index contributed by atoms with van der Waals surface area (Å²) in [6, 6.07) is 17.5. The van der Waals surface area contributed by atoms with Gasteiger partial charge in [-0.2, -0.15) is 8.42 Å². The molecule has 3 aromatic carbocycles. The second-order valence-corrected chi connectivity index (χ2v) is 9.84. The van der Waals surface area contributed by atoms with Crippen LogP contribution in [0.4, 0.5) is 11.4 Å². The van der Waals surface area contributed by atoms with Crippen molar-refractivity contribution in [2.75, 3.05) is 0 Å². The number of hydrogen-bond acceptors (Lipinski definition) is 8. The molecule has 1 N–H and O–H groups in total. The molecule has 0 spiro atoms. The van der Waals surface area contributed by atoms with Crippen LogP contribution in [0.5, 0.6) is 5.75 Å². The van der Waals surface area contributed by atoms with Crippen molar-refractivity contribution < 1.29 is 22.3 Å². The van der Waals surface area contributed by atoms with Crippen LogP contribution in [-0.2, 0) is 14.9 Å². The van der Waals surface area contributed by atoms with E-state index in [0.29, 0.717) is 26.3 Å². The minimum Gasteiger partial charge on any atom is -0.379 e. The van der Waals surface area contributed by atoms with Crippen LogP contribution >= 0.6 is 23.4 Å². The lowest BCUT2D eigenvalue weighted by atomic mass is 10.2. The molecular formula is C22H14ClN3O6S2. The third-order valence-corrected chi connectivity index (χ3v) is 6.79. The third-order valence-electron chi connectivity index (χ3n) is 4.39. The van der Waals surface area contributed by atoms with Gasteiger partial charge in [-0.3, -0.25) is 14.9 Å². The summed E-state index contributed by atoms with van der Waals surface area (Å²) in [5.74, 6) is -0.368. The number of amides is 1. The number of nitrogens with zero attached hydrogens (tertiary/aromatic N) is 2. The van der Waals surface area contributed by atoms with E-state index in [0.717, 1.165) is 17.8 Å². The number of nitrogens with one attached hydrogen (secondary N) is 1. The zero-order valence-electron chi connectivity index (χ0n) is 17.0. The summed E-state index contributed by atoms with van der Waals surface area (Å²) in [5, 5.41) is 14.6. The Morgan fingerprint density at radius 2 is 1.79 bits per heavy atom. The molecule has 0 aliphatic carbocycles. The van der Waals surface area contributed by atoms with Crippen LogP contribution in [0.1, 0.15) is 5.56 Å². The highest BCUT2D eigenvalue weighted by Gasteiger charge is 2.24. The maximum absolute atomic E-state index is 12.6. The van der Waals surface area contributed by atoms with Crippen molar-refractivity contribution in [2.45, 2.75) is 4.90 Å². The maximum atomic E-state index is 12.6. The number of aliphatic imine (C=N–C) groups is 1. The SMILES string of the molecule is O=C1NC(=Nc2ccc(Cl)cc2)S/C1=C\c1cccc(OS(=O)(=O)c2cccc([N+](=O)[O-])c2)c1. The fourth-order valence-electron chi connectivity index (χ4n) is 2.85. The molecule has 172 valence electrons. The summed E-state index contributed by atoms with van der Waals surface area (Å²) in [5.41, 5.74) is 0.760. The quantitative estimate of drug-likeness (QED) is 0.214. The van der Waals surface area contributed by atoms with E-state index in [-0.39, 0.29) is 22.2 Å². The lowest BCUT2D eigenvalue weighted by Gasteiger charge is -2.07. The van der Waals surface area contributed by atoms with E-state index in [9.17, 15) is 23.3 Å². The van der Waals surface area contributed by atoms with Crippen LogP contribution in [0.25, 0.3) is 6.08 Å². The molecule has 1 heterocycles. The minimum atomic E-state index is -4.31. The van der Waals surface area contributed by atoms with Crippen LogP contribution in [0.3, 0.4) is 0 Å². The van der Waals surface area contributed by atoms with E-state index >= 15 is 0 Å². The number of carbonyl (C=O) groups is 1. The summed E-state index contributed by atoms with van der Waals surface area (Å²) in [6.45, 7) is 0. The molecule has 34 heavy (non-hydrogen) atoms. The Morgan fingerprint density at radius 1 is 1.06 bits per heavy atom. The van der Waals surface area contributed by atoms with Gasteiger partial charge < -0.3 is 9.50 Å². The molecule has 0 bridgehead atoms. The average molecular weight is 516 g/mol. The van der Waals surface area contributed by atoms with Gasteiger partial charge in [0.1, 0.15) is 10.6 Å². The number of hydrogen-bond donors (Lipinski definition) is 1. The predicted octanol–water partition coefficient (Wildman–Crippen LogP) is 4.91. The van der Waals surface area contributed by atoms with E-state index in [1.807, 2.05) is 0 Å². The lowest BCUT2D eigenvalue weighted by molar-refractivity contribution is -0.385. The van der Waals surface area contributed by atoms with Crippen LogP contribution in [0, 0.1) is 10.1 Å². The molecular weight excluding hydrogens is 502 g/mol. The highest BCUT2D eigenvalue weighted by Crippen LogP contribution is 2.30. The Morgan fingerprint density at radius 3 is 2.53 bits per heavy atom. The van der Waals surface area contributed by atoms with Crippen LogP contribution < -0.4 is 9.50 Å². The highest BCUT2D eigenvalue weighted by molar-refractivity contribution is 8.18. The molecule has 1 fully saturated rings. The van der Waals surface area contributed by atoms with Crippen LogP contribution in [0.15, 0.2) is 87.6 Å². The maximum Gasteiger partial charge on any atom is 0.339 e. The topological polar surface area (TPSA) is 128 Å². The van der Waals surface area contributed by atoms with Crippen molar-refractivity contribution in [1.29, 1.82) is 0 Å². The molecule has 1 saturated heterocycles. The second-order valence-electron chi connectivity index (χ2n) is 6.82. The molecule has 3 aromatic rings. The monoisotopic (exact) mass is 515 g/mol. The summed E-state index contributed by atoms with van der Waals surface area (Å²) in [4.78, 5) is 26.9. The van der Waals surface area contributed by atoms with Gasteiger partial charge in [0.15, 0.2) is 5.17 Å². The van der Waals surface area contributed by atoms with Crippen molar-refractivity contribution in [2.24, 2.45) is 4.99 Å². The summed E-state index contributed by atoms with van der Waals surface area (Å²) < 4.78 is 30.3. The van der Waals surface area contributed by atoms with Gasteiger partial charge in [-0.1, -0.05) is 29.8 Å². The fraction of sp³-hybridized carbons (Fsp3) is 0. The number of amidine groups is 1. The molecule has 0 aromatic heterocycles. The van der Waals surface area contributed by atoms with Gasteiger partial charge in [0.2, 0.25) is 0 Å². The number of rotatable bonds is 6. The number of carbonyl (C=O) groups excluding carboxylic acids is 1. The number of thioether (sulfide) groups is 1. The number of non-ortho nitro benzene ring substituents is 1. The molecule has 0 unspecified atom stereocenters. The fourth-order valence-corrected chi connectivity index (χ4v) is 4.78. The number of nitro groups is 1. The highest BCUT2D eigenvalue weighted by atomic mass is 35.5. The van der Waals surface area contributed by atoms with Gasteiger partial charge >= 0.3 is 10.1 Å². The largest absolute Gasteiger partial charge is 0.379 e. The van der Waals surface area contributed by atoms with E-state index < -0.39 is 15.0 Å². The third kappa shape index (κ3) is 5.63. The minimum absolute atomic E-state index is 0.0145. The Hall–Kier alpha value is -3.67. The van der Waals surface area contributed by atoms with E-state index in [2.05, 4.69) is 10.3 Å². The van der Waals surface area contributed by atoms with Crippen molar-refractivity contribution in [1.82, 2.24) is 5.32 Å². The molecule has 12 heteroatoms. The number of halogens is 1. The Bertz CT molecular complexity index is 1450. The summed E-state index contributed by atoms with van der Waals surface area (Å²) in [7, 11) is -4.31. The van der Waals surface area contributed by atoms with E-state index in [4.69, 9.17) is 15.8 Å². The van der Waals surface area contributed by atoms with Crippen LogP contribution in [-0.4, -0.2) is 24.4 Å². The molecule has 4 rings (SSSR count). The van der Waals surface area contributed by atoms with E-state index in [1.165, 1.54) is 30.3 Å². The second kappa shape index (κ2) is 9.67. The van der Waals surface area contributed by atoms with Gasteiger partial charge in [-0.25, -0.2) is 4.99 Å². The van der Waals surface area contributed by atoms with E-state index in [1.54, 1.807) is 42.5 Å². The standard InChI is InChI=1S/C22H14ClN3O6S2/c23-15-7-9-16(10-8-15)24-22-25-21(27)20(33-22)12-14-3-1-5-18(11-14)32-34(30,31)19-6-2-4-17(13-19)26(28)29/h1-13H,(H,24,25,27)/b20-12-. The first-order chi connectivity index (χ1) is 16.2. The first-order valence-corrected chi connectivity index (χ1v) is 12.1. The first-order valence-electron chi connectivity index (χ1n) is 9.54. The van der Waals surface area contributed by atoms with Crippen molar-refractivity contribution >= 4 is 62.0 Å². The zero-order valence-corrected chi connectivity index (χ0v) is 19.4. The summed E-state index contributed by atoms with van der Waals surface area (Å²) >= 11 is 6.99. The molecule has 0 saturated carbocycles. The molecule has 1 aliphatic heterocycles. The average Bonchev–Trinajstić information content (AvgIpc) is 3.13. The normalized spacial score (nSPS) is 16.0. The Labute approximate surface area is 203 Å². The van der Waals surface area contributed by atoms with Crippen molar-refractivity contribution in [3.8, 4) is 5.75 Å². The number of benzene rings is 3. The van der Waals surface area contributed by atoms with Gasteiger partial charge in [0, 0.05) is 17.2 Å². The predicted molar refractivity (Wildman–Crippen MR) is 130 cm³/mol. The van der Waals surface area contributed by atoms with Gasteiger partial charge in [-0.05, 0) is 65.9 Å². The zero-order chi connectivity index (χ0) is 24.3. The van der Waals surface area contributed by atoms with Gasteiger partial charge in [0.05, 0.1) is 15.5 Å². The molecule has 0 radical (unpaired) electrons. The lowest BCUT2D eigenvalue weighted by Crippen LogP contribution is -2.19. The summed E-state index contributed by atoms with van der Waals surface area (Å²) in [6.07, 6.45) is 1.57. The van der Waals surface area contributed by atoms with Gasteiger partial charge in [-0.15, -0.1) is 0 Å². The van der Waals surface area contributed by atoms with Crippen molar-refractivity contribution in [3.05, 3.63) is 98.4 Å².